The number of aromatic hydroxyl groups is 1. The Kier molecular flexibility index (Phi) is 8.09. The first-order valence-electron chi connectivity index (χ1n) is 4.97. The Morgan fingerprint density at radius 2 is 2.11 bits per heavy atom. The molecule has 0 aliphatic rings. The van der Waals surface area contributed by atoms with Crippen LogP contribution in [-0.2, 0) is 14.3 Å². The Bertz CT molecular complexity index is 489. The number of aliphatic hydroxyl groups excluding tert-OH is 1. The molecule has 2 N–H and O–H groups in total. The number of rotatable bonds is 4. The Balaban J connectivity index is 0. The third-order valence-electron chi connectivity index (χ3n) is 1.96. The van der Waals surface area contributed by atoms with Crippen molar-refractivity contribution in [3.05, 3.63) is 29.8 Å². The Hall–Kier alpha value is -1.34. The number of phenolic OH excluding ortho intramolecular Hbond substituents is 1. The SMILES string of the molecule is COc1cc(C=CC(=O)OC(=O)CO)ccc1O.[H-].[Na+]. The molecule has 0 saturated carbocycles. The molecule has 7 heteroatoms. The van der Waals surface area contributed by atoms with E-state index >= 15 is 0 Å². The minimum Gasteiger partial charge on any atom is -1.00 e. The van der Waals surface area contributed by atoms with Crippen LogP contribution in [0.3, 0.4) is 0 Å². The number of benzene rings is 1. The van der Waals surface area contributed by atoms with Gasteiger partial charge in [0.25, 0.3) is 0 Å². The second-order valence-corrected chi connectivity index (χ2v) is 3.22. The molecule has 1 aromatic carbocycles. The molecule has 19 heavy (non-hydrogen) atoms. The molecule has 6 nitrogen and oxygen atoms in total. The van der Waals surface area contributed by atoms with Crippen molar-refractivity contribution in [2.24, 2.45) is 0 Å². The topological polar surface area (TPSA) is 93.1 Å². The van der Waals surface area contributed by atoms with Crippen molar-refractivity contribution in [3.63, 3.8) is 0 Å². The van der Waals surface area contributed by atoms with Crippen molar-refractivity contribution in [1.82, 2.24) is 0 Å². The fraction of sp³-hybridized carbons (Fsp3) is 0.167. The first-order valence-corrected chi connectivity index (χ1v) is 4.97. The average Bonchev–Trinajstić information content (AvgIpc) is 2.37. The van der Waals surface area contributed by atoms with E-state index in [4.69, 9.17) is 9.84 Å². The average molecular weight is 276 g/mol. The molecule has 0 amide bonds. The summed E-state index contributed by atoms with van der Waals surface area (Å²) in [4.78, 5) is 21.7. The molecule has 0 aromatic heterocycles. The fourth-order valence-electron chi connectivity index (χ4n) is 1.14. The standard InChI is InChI=1S/C12H12O6.Na.H/c1-17-10-6-8(2-4-9(10)14)3-5-11(15)18-12(16)7-13;;/h2-6,13-14H,7H2,1H3;;/q;+1;-1. The van der Waals surface area contributed by atoms with Crippen molar-refractivity contribution in [2.75, 3.05) is 13.7 Å². The molecule has 0 radical (unpaired) electrons. The van der Waals surface area contributed by atoms with Crippen LogP contribution in [0.4, 0.5) is 0 Å². The predicted octanol–water partition coefficient (Wildman–Crippen LogP) is -2.41. The molecule has 0 fully saturated rings. The quantitative estimate of drug-likeness (QED) is 0.275. The molecule has 1 rings (SSSR count). The van der Waals surface area contributed by atoms with E-state index in [2.05, 4.69) is 4.74 Å². The molecule has 0 unspecified atom stereocenters. The van der Waals surface area contributed by atoms with Crippen LogP contribution in [0.1, 0.15) is 6.99 Å². The van der Waals surface area contributed by atoms with Crippen LogP contribution in [0, 0.1) is 0 Å². The number of carbonyl (C=O) groups excluding carboxylic acids is 2. The van der Waals surface area contributed by atoms with E-state index in [1.165, 1.54) is 25.3 Å². The summed E-state index contributed by atoms with van der Waals surface area (Å²) >= 11 is 0. The van der Waals surface area contributed by atoms with Gasteiger partial charge in [0, 0.05) is 6.08 Å². The zero-order valence-corrected chi connectivity index (χ0v) is 12.6. The van der Waals surface area contributed by atoms with Crippen molar-refractivity contribution in [2.45, 2.75) is 0 Å². The summed E-state index contributed by atoms with van der Waals surface area (Å²) in [6, 6.07) is 4.46. The maximum Gasteiger partial charge on any atom is 1.00 e. The van der Waals surface area contributed by atoms with Crippen molar-refractivity contribution in [3.8, 4) is 11.5 Å². The van der Waals surface area contributed by atoms with Gasteiger partial charge in [-0.05, 0) is 23.8 Å². The predicted molar refractivity (Wildman–Crippen MR) is 63.0 cm³/mol. The number of phenols is 1. The molecule has 1 aromatic rings. The van der Waals surface area contributed by atoms with Crippen LogP contribution >= 0.6 is 0 Å². The van der Waals surface area contributed by atoms with Crippen LogP contribution in [-0.4, -0.2) is 35.9 Å². The summed E-state index contributed by atoms with van der Waals surface area (Å²) in [6.45, 7) is -0.855. The van der Waals surface area contributed by atoms with Crippen LogP contribution in [0.2, 0.25) is 0 Å². The van der Waals surface area contributed by atoms with Gasteiger partial charge in [-0.25, -0.2) is 9.59 Å². The van der Waals surface area contributed by atoms with Gasteiger partial charge in [-0.2, -0.15) is 0 Å². The maximum absolute atomic E-state index is 11.1. The summed E-state index contributed by atoms with van der Waals surface area (Å²) in [5, 5.41) is 17.7. The number of ether oxygens (including phenoxy) is 2. The summed E-state index contributed by atoms with van der Waals surface area (Å²) in [7, 11) is 1.40. The summed E-state index contributed by atoms with van der Waals surface area (Å²) in [5.74, 6) is -1.67. The molecule has 0 bridgehead atoms. The summed E-state index contributed by atoms with van der Waals surface area (Å²) < 4.78 is 9.09. The molecule has 0 aliphatic heterocycles. The van der Waals surface area contributed by atoms with Gasteiger partial charge in [0.05, 0.1) is 7.11 Å². The monoisotopic (exact) mass is 276 g/mol. The number of methoxy groups -OCH3 is 1. The smallest absolute Gasteiger partial charge is 1.00 e. The molecule has 0 heterocycles. The summed E-state index contributed by atoms with van der Waals surface area (Å²) in [6.07, 6.45) is 2.41. The first kappa shape index (κ1) is 17.7. The molecular weight excluding hydrogens is 263 g/mol. The Labute approximate surface area is 133 Å². The van der Waals surface area contributed by atoms with Gasteiger partial charge in [-0.1, -0.05) is 6.07 Å². The molecule has 0 spiro atoms. The van der Waals surface area contributed by atoms with Gasteiger partial charge >= 0.3 is 41.5 Å². The first-order chi connectivity index (χ1) is 8.56. The molecular formula is C12H13NaO6. The van der Waals surface area contributed by atoms with E-state index in [0.717, 1.165) is 6.08 Å². The normalized spacial score (nSPS) is 9.79. The zero-order chi connectivity index (χ0) is 13.5. The zero-order valence-electron chi connectivity index (χ0n) is 11.6. The Morgan fingerprint density at radius 3 is 2.68 bits per heavy atom. The fourth-order valence-corrected chi connectivity index (χ4v) is 1.14. The number of hydrogen-bond acceptors (Lipinski definition) is 6. The van der Waals surface area contributed by atoms with Gasteiger partial charge in [0.15, 0.2) is 11.5 Å². The molecule has 0 atom stereocenters. The second kappa shape index (κ2) is 8.71. The number of carbonyl (C=O) groups is 2. The van der Waals surface area contributed by atoms with Crippen LogP contribution in [0.25, 0.3) is 6.08 Å². The molecule has 0 aliphatic carbocycles. The minimum absolute atomic E-state index is 0. The van der Waals surface area contributed by atoms with Crippen LogP contribution < -0.4 is 34.3 Å². The minimum atomic E-state index is -1.02. The largest absolute Gasteiger partial charge is 1.00 e. The maximum atomic E-state index is 11.1. The van der Waals surface area contributed by atoms with Gasteiger partial charge in [0.1, 0.15) is 6.61 Å². The second-order valence-electron chi connectivity index (χ2n) is 3.22. The molecule has 98 valence electrons. The van der Waals surface area contributed by atoms with Crippen LogP contribution in [0.5, 0.6) is 11.5 Å². The third kappa shape index (κ3) is 5.89. The van der Waals surface area contributed by atoms with Crippen molar-refractivity contribution in [1.29, 1.82) is 0 Å². The van der Waals surface area contributed by atoms with Gasteiger partial charge in [0.2, 0.25) is 0 Å². The van der Waals surface area contributed by atoms with E-state index in [0.29, 0.717) is 5.56 Å². The van der Waals surface area contributed by atoms with E-state index in [-0.39, 0.29) is 42.5 Å². The number of esters is 2. The van der Waals surface area contributed by atoms with Crippen molar-refractivity contribution < 1.29 is 60.3 Å². The summed E-state index contributed by atoms with van der Waals surface area (Å²) in [5.41, 5.74) is 0.582. The van der Waals surface area contributed by atoms with Crippen LogP contribution in [0.15, 0.2) is 24.3 Å². The van der Waals surface area contributed by atoms with E-state index in [9.17, 15) is 14.7 Å². The Morgan fingerprint density at radius 1 is 1.42 bits per heavy atom. The molecule has 0 saturated heterocycles. The number of aliphatic hydroxyl groups is 1. The number of hydrogen-bond donors (Lipinski definition) is 2. The van der Waals surface area contributed by atoms with E-state index < -0.39 is 18.5 Å². The van der Waals surface area contributed by atoms with E-state index in [1.807, 2.05) is 0 Å². The van der Waals surface area contributed by atoms with Gasteiger partial charge in [-0.3, -0.25) is 0 Å². The third-order valence-corrected chi connectivity index (χ3v) is 1.96. The van der Waals surface area contributed by atoms with Gasteiger partial charge in [-0.15, -0.1) is 0 Å². The van der Waals surface area contributed by atoms with Crippen molar-refractivity contribution >= 4 is 18.0 Å². The van der Waals surface area contributed by atoms with E-state index in [1.54, 1.807) is 6.07 Å². The van der Waals surface area contributed by atoms with Gasteiger partial charge < -0.3 is 21.1 Å².